The van der Waals surface area contributed by atoms with Gasteiger partial charge in [0.05, 0.1) is 0 Å². The van der Waals surface area contributed by atoms with Gasteiger partial charge in [0, 0.05) is 0 Å². The first kappa shape index (κ1) is 21.8. The Morgan fingerprint density at radius 2 is 0.733 bits per heavy atom. The van der Waals surface area contributed by atoms with Crippen molar-refractivity contribution in [2.75, 3.05) is 0 Å². The summed E-state index contributed by atoms with van der Waals surface area (Å²) in [5, 5.41) is 8.01. The summed E-state index contributed by atoms with van der Waals surface area (Å²) in [6, 6.07) is 18.3. The second-order valence-electron chi connectivity index (χ2n) is 8.45. The van der Waals surface area contributed by atoms with Crippen molar-refractivity contribution in [1.82, 2.24) is 0 Å². The number of rotatable bonds is 2. The number of benzene rings is 4. The monoisotopic (exact) mass is 394 g/mol. The average Bonchev–Trinajstić information content (AvgIpc) is 2.72. The van der Waals surface area contributed by atoms with Gasteiger partial charge in [-0.15, -0.1) is 0 Å². The molecule has 0 fully saturated rings. The lowest BCUT2D eigenvalue weighted by molar-refractivity contribution is 1.40. The van der Waals surface area contributed by atoms with Crippen LogP contribution in [0, 0.1) is 13.8 Å². The number of allylic oxidation sites excluding steroid dienone is 2. The molecule has 0 aliphatic carbocycles. The Morgan fingerprint density at radius 1 is 0.467 bits per heavy atom. The molecule has 0 nitrogen and oxygen atoms in total. The van der Waals surface area contributed by atoms with E-state index < -0.39 is 0 Å². The predicted octanol–water partition coefficient (Wildman–Crippen LogP) is 9.64. The third-order valence-corrected chi connectivity index (χ3v) is 5.58. The van der Waals surface area contributed by atoms with E-state index in [1.54, 1.807) is 0 Å². The number of hydrogen-bond acceptors (Lipinski definition) is 0. The molecule has 0 saturated heterocycles. The molecule has 0 atom stereocenters. The van der Waals surface area contributed by atoms with Crippen molar-refractivity contribution in [3.8, 4) is 0 Å². The largest absolute Gasteiger partial charge is 0.0758 e. The van der Waals surface area contributed by atoms with Crippen LogP contribution in [0.1, 0.15) is 63.8 Å². The van der Waals surface area contributed by atoms with E-state index in [0.717, 1.165) is 0 Å². The molecule has 4 rings (SSSR count). The van der Waals surface area contributed by atoms with E-state index in [-0.39, 0.29) is 0 Å². The van der Waals surface area contributed by atoms with Crippen LogP contribution in [0.3, 0.4) is 0 Å². The fraction of sp³-hybridized carbons (Fsp3) is 0.267. The first-order valence-electron chi connectivity index (χ1n) is 11.0. The van der Waals surface area contributed by atoms with Gasteiger partial charge < -0.3 is 0 Å². The standard InChI is InChI=1S/C28H28.C2H6/c1-17(2)15-27-19(5)7-9-21-23-12-14-26-22(24(23)11-13-25(21)27)10-8-20(6)28(26)16-18(3)4;1-2/h7-16H,1-6H3;1-2H3. The summed E-state index contributed by atoms with van der Waals surface area (Å²) in [5.41, 5.74) is 8.00. The molecule has 0 unspecified atom stereocenters. The van der Waals surface area contributed by atoms with Gasteiger partial charge in [0.25, 0.3) is 0 Å². The maximum Gasteiger partial charge on any atom is -0.00987 e. The highest BCUT2D eigenvalue weighted by molar-refractivity contribution is 6.19. The molecule has 154 valence electrons. The predicted molar refractivity (Wildman–Crippen MR) is 138 cm³/mol. The van der Waals surface area contributed by atoms with Crippen molar-refractivity contribution in [2.45, 2.75) is 55.4 Å². The smallest absolute Gasteiger partial charge is 0.00987 e. The minimum Gasteiger partial charge on any atom is -0.0758 e. The quantitative estimate of drug-likeness (QED) is 0.297. The molecule has 0 saturated carbocycles. The van der Waals surface area contributed by atoms with Crippen LogP contribution in [0.15, 0.2) is 59.7 Å². The van der Waals surface area contributed by atoms with Crippen LogP contribution in [0.2, 0.25) is 0 Å². The molecule has 0 heterocycles. The van der Waals surface area contributed by atoms with Gasteiger partial charge >= 0.3 is 0 Å². The third-order valence-electron chi connectivity index (χ3n) is 5.58. The first-order chi connectivity index (χ1) is 14.4. The zero-order chi connectivity index (χ0) is 22.0. The highest BCUT2D eigenvalue weighted by Crippen LogP contribution is 2.36. The van der Waals surface area contributed by atoms with E-state index in [4.69, 9.17) is 0 Å². The van der Waals surface area contributed by atoms with Crippen molar-refractivity contribution in [3.05, 3.63) is 81.9 Å². The molecule has 0 spiro atoms. The SMILES string of the molecule is CC.CC(C)=Cc1c(C)ccc2c1ccc1c3ccc(C)c(C=C(C)C)c3ccc21. The molecule has 4 aromatic rings. The Balaban J connectivity index is 0.00000124. The zero-order valence-electron chi connectivity index (χ0n) is 19.8. The molecule has 0 amide bonds. The van der Waals surface area contributed by atoms with Crippen molar-refractivity contribution in [1.29, 1.82) is 0 Å². The molecule has 4 aromatic carbocycles. The van der Waals surface area contributed by atoms with Gasteiger partial charge in [0.2, 0.25) is 0 Å². The summed E-state index contributed by atoms with van der Waals surface area (Å²) in [5.74, 6) is 0. The van der Waals surface area contributed by atoms with E-state index >= 15 is 0 Å². The fourth-order valence-corrected chi connectivity index (χ4v) is 4.26. The van der Waals surface area contributed by atoms with E-state index in [1.165, 1.54) is 65.7 Å². The van der Waals surface area contributed by atoms with Crippen LogP contribution < -0.4 is 0 Å². The lowest BCUT2D eigenvalue weighted by atomic mass is 9.90. The van der Waals surface area contributed by atoms with Gasteiger partial charge in [-0.1, -0.05) is 85.7 Å². The second-order valence-corrected chi connectivity index (χ2v) is 8.45. The van der Waals surface area contributed by atoms with E-state index in [0.29, 0.717) is 0 Å². The number of fused-ring (bicyclic) bond motifs is 5. The molecule has 30 heavy (non-hydrogen) atoms. The second kappa shape index (κ2) is 8.88. The molecule has 0 N–H and O–H groups in total. The summed E-state index contributed by atoms with van der Waals surface area (Å²) in [6.07, 6.45) is 4.61. The highest BCUT2D eigenvalue weighted by atomic mass is 14.1. The Hall–Kier alpha value is -2.86. The van der Waals surface area contributed by atoms with Crippen LogP contribution in [0.5, 0.6) is 0 Å². The molecule has 0 aromatic heterocycles. The van der Waals surface area contributed by atoms with Gasteiger partial charge in [0.1, 0.15) is 0 Å². The lowest BCUT2D eigenvalue weighted by Gasteiger charge is -2.14. The van der Waals surface area contributed by atoms with Crippen LogP contribution >= 0.6 is 0 Å². The molecule has 0 heteroatoms. The maximum atomic E-state index is 2.31. The summed E-state index contributed by atoms with van der Waals surface area (Å²) in [7, 11) is 0. The molecule has 0 bridgehead atoms. The van der Waals surface area contributed by atoms with Gasteiger partial charge in [-0.2, -0.15) is 0 Å². The van der Waals surface area contributed by atoms with Crippen molar-refractivity contribution in [2.24, 2.45) is 0 Å². The van der Waals surface area contributed by atoms with E-state index in [2.05, 4.69) is 102 Å². The zero-order valence-corrected chi connectivity index (χ0v) is 19.8. The summed E-state index contributed by atoms with van der Waals surface area (Å²) < 4.78 is 0. The Bertz CT molecular complexity index is 1190. The van der Waals surface area contributed by atoms with Crippen LogP contribution in [0.25, 0.3) is 44.5 Å². The molecular weight excluding hydrogens is 360 g/mol. The van der Waals surface area contributed by atoms with Crippen LogP contribution in [0.4, 0.5) is 0 Å². The van der Waals surface area contributed by atoms with Gasteiger partial charge in [-0.05, 0) is 96.1 Å². The van der Waals surface area contributed by atoms with E-state index in [1.807, 2.05) is 13.8 Å². The molecule has 0 aliphatic heterocycles. The summed E-state index contributed by atoms with van der Waals surface area (Å²) in [4.78, 5) is 0. The van der Waals surface area contributed by atoms with Crippen LogP contribution in [-0.4, -0.2) is 0 Å². The summed E-state index contributed by atoms with van der Waals surface area (Å²) >= 11 is 0. The van der Waals surface area contributed by atoms with E-state index in [9.17, 15) is 0 Å². The third kappa shape index (κ3) is 3.92. The van der Waals surface area contributed by atoms with Crippen molar-refractivity contribution in [3.63, 3.8) is 0 Å². The molecule has 0 aliphatic rings. The number of aryl methyl sites for hydroxylation is 2. The topological polar surface area (TPSA) is 0 Å². The Kier molecular flexibility index (Phi) is 6.46. The average molecular weight is 395 g/mol. The maximum absolute atomic E-state index is 2.31. The van der Waals surface area contributed by atoms with Crippen molar-refractivity contribution >= 4 is 44.5 Å². The number of hydrogen-bond donors (Lipinski definition) is 0. The normalized spacial score (nSPS) is 10.7. The highest BCUT2D eigenvalue weighted by Gasteiger charge is 2.10. The fourth-order valence-electron chi connectivity index (χ4n) is 4.26. The lowest BCUT2D eigenvalue weighted by Crippen LogP contribution is -1.89. The van der Waals surface area contributed by atoms with Gasteiger partial charge in [0.15, 0.2) is 0 Å². The molecule has 0 radical (unpaired) electrons. The summed E-state index contributed by atoms with van der Waals surface area (Å²) in [6.45, 7) is 17.1. The Labute approximate surface area is 181 Å². The van der Waals surface area contributed by atoms with Gasteiger partial charge in [-0.25, -0.2) is 0 Å². The van der Waals surface area contributed by atoms with Gasteiger partial charge in [-0.3, -0.25) is 0 Å². The minimum absolute atomic E-state index is 1.33. The molecular formula is C30H34. The minimum atomic E-state index is 1.33. The Morgan fingerprint density at radius 3 is 1.07 bits per heavy atom. The van der Waals surface area contributed by atoms with Crippen LogP contribution in [-0.2, 0) is 0 Å². The first-order valence-corrected chi connectivity index (χ1v) is 11.0. The van der Waals surface area contributed by atoms with Crippen molar-refractivity contribution < 1.29 is 0 Å².